The summed E-state index contributed by atoms with van der Waals surface area (Å²) in [7, 11) is 2.03. The van der Waals surface area contributed by atoms with Gasteiger partial charge in [-0.1, -0.05) is 12.1 Å². The van der Waals surface area contributed by atoms with E-state index in [0.29, 0.717) is 6.54 Å². The molecule has 0 unspecified atom stereocenters. The van der Waals surface area contributed by atoms with E-state index < -0.39 is 0 Å². The van der Waals surface area contributed by atoms with Crippen molar-refractivity contribution in [1.82, 2.24) is 9.55 Å². The van der Waals surface area contributed by atoms with Crippen molar-refractivity contribution in [3.05, 3.63) is 30.1 Å². The zero-order valence-corrected chi connectivity index (χ0v) is 10.1. The number of para-hydroxylation sites is 2. The second kappa shape index (κ2) is 5.95. The van der Waals surface area contributed by atoms with Gasteiger partial charge in [-0.15, -0.1) is 24.8 Å². The van der Waals surface area contributed by atoms with Crippen LogP contribution in [0.1, 0.15) is 5.82 Å². The van der Waals surface area contributed by atoms with Crippen LogP contribution in [0.4, 0.5) is 0 Å². The van der Waals surface area contributed by atoms with Gasteiger partial charge in [0.15, 0.2) is 0 Å². The first-order valence-corrected chi connectivity index (χ1v) is 4.43. The topological polar surface area (TPSA) is 43.8 Å². The largest absolute Gasteiger partial charge is 0.331 e. The van der Waals surface area contributed by atoms with Crippen molar-refractivity contribution in [2.24, 2.45) is 12.8 Å². The van der Waals surface area contributed by atoms with Crippen molar-refractivity contribution in [3.63, 3.8) is 0 Å². The van der Waals surface area contributed by atoms with Crippen molar-refractivity contribution >= 4 is 35.8 Å². The summed E-state index contributed by atoms with van der Waals surface area (Å²) < 4.78 is 2.10. The number of aromatic nitrogens is 2. The molecular weight excluding hydrogens is 233 g/mol. The van der Waals surface area contributed by atoms with E-state index >= 15 is 0 Å². The van der Waals surface area contributed by atoms with Gasteiger partial charge in [-0.05, 0) is 18.7 Å². The van der Waals surface area contributed by atoms with Gasteiger partial charge in [0.2, 0.25) is 0 Å². The third-order valence-electron chi connectivity index (χ3n) is 2.25. The Balaban J connectivity index is 0.000000980. The fourth-order valence-electron chi connectivity index (χ4n) is 1.55. The molecule has 15 heavy (non-hydrogen) atoms. The van der Waals surface area contributed by atoms with Crippen LogP contribution in [0.25, 0.3) is 11.0 Å². The van der Waals surface area contributed by atoms with Crippen LogP contribution in [0.5, 0.6) is 0 Å². The molecule has 2 N–H and O–H groups in total. The lowest BCUT2D eigenvalue weighted by molar-refractivity contribution is 0.794. The van der Waals surface area contributed by atoms with Crippen LogP contribution in [0.2, 0.25) is 0 Å². The van der Waals surface area contributed by atoms with E-state index in [1.165, 1.54) is 5.52 Å². The summed E-state index contributed by atoms with van der Waals surface area (Å²) >= 11 is 0. The molecule has 84 valence electrons. The van der Waals surface area contributed by atoms with Crippen LogP contribution in [-0.2, 0) is 13.5 Å². The first-order valence-electron chi connectivity index (χ1n) is 4.43. The molecule has 5 heteroatoms. The molecule has 1 aromatic heterocycles. The number of fused-ring (bicyclic) bond motifs is 1. The molecule has 2 aromatic rings. The zero-order valence-electron chi connectivity index (χ0n) is 8.51. The van der Waals surface area contributed by atoms with Crippen LogP contribution in [0.15, 0.2) is 24.3 Å². The minimum Gasteiger partial charge on any atom is -0.331 e. The predicted molar refractivity (Wildman–Crippen MR) is 68.0 cm³/mol. The van der Waals surface area contributed by atoms with Gasteiger partial charge in [-0.3, -0.25) is 0 Å². The SMILES string of the molecule is Cl.Cl.Cn1c(CCN)nc2ccccc21. The Morgan fingerprint density at radius 1 is 1.27 bits per heavy atom. The molecular formula is C10H15Cl2N3. The Bertz CT molecular complexity index is 426. The molecule has 0 aliphatic carbocycles. The Morgan fingerprint density at radius 2 is 1.93 bits per heavy atom. The van der Waals surface area contributed by atoms with E-state index in [-0.39, 0.29) is 24.8 Å². The molecule has 0 aliphatic rings. The van der Waals surface area contributed by atoms with Crippen LogP contribution in [0.3, 0.4) is 0 Å². The molecule has 1 aromatic carbocycles. The Kier molecular flexibility index (Phi) is 5.65. The molecule has 0 amide bonds. The van der Waals surface area contributed by atoms with E-state index in [1.54, 1.807) is 0 Å². The third-order valence-corrected chi connectivity index (χ3v) is 2.25. The van der Waals surface area contributed by atoms with E-state index in [0.717, 1.165) is 17.8 Å². The van der Waals surface area contributed by atoms with Gasteiger partial charge in [-0.25, -0.2) is 4.98 Å². The van der Waals surface area contributed by atoms with E-state index in [2.05, 4.69) is 15.6 Å². The molecule has 0 fully saturated rings. The quantitative estimate of drug-likeness (QED) is 0.882. The molecule has 2 rings (SSSR count). The first-order chi connectivity index (χ1) is 6.33. The summed E-state index contributed by atoms with van der Waals surface area (Å²) in [5.74, 6) is 1.06. The van der Waals surface area contributed by atoms with Crippen LogP contribution >= 0.6 is 24.8 Å². The van der Waals surface area contributed by atoms with E-state index in [9.17, 15) is 0 Å². The average molecular weight is 248 g/mol. The van der Waals surface area contributed by atoms with Gasteiger partial charge in [-0.2, -0.15) is 0 Å². The predicted octanol–water partition coefficient (Wildman–Crippen LogP) is 1.92. The fourth-order valence-corrected chi connectivity index (χ4v) is 1.55. The molecule has 0 atom stereocenters. The second-order valence-electron chi connectivity index (χ2n) is 3.11. The number of hydrogen-bond acceptors (Lipinski definition) is 2. The van der Waals surface area contributed by atoms with Crippen molar-refractivity contribution in [1.29, 1.82) is 0 Å². The maximum atomic E-state index is 5.50. The highest BCUT2D eigenvalue weighted by Crippen LogP contribution is 2.13. The van der Waals surface area contributed by atoms with Gasteiger partial charge in [0, 0.05) is 13.5 Å². The number of hydrogen-bond donors (Lipinski definition) is 1. The molecule has 0 aliphatic heterocycles. The second-order valence-corrected chi connectivity index (χ2v) is 3.11. The lowest BCUT2D eigenvalue weighted by atomic mass is 10.3. The monoisotopic (exact) mass is 247 g/mol. The maximum absolute atomic E-state index is 5.50. The highest BCUT2D eigenvalue weighted by molar-refractivity contribution is 5.85. The number of imidazole rings is 1. The summed E-state index contributed by atoms with van der Waals surface area (Å²) in [5.41, 5.74) is 7.72. The van der Waals surface area contributed by atoms with Gasteiger partial charge in [0.1, 0.15) is 5.82 Å². The minimum absolute atomic E-state index is 0. The lowest BCUT2D eigenvalue weighted by Gasteiger charge is -1.98. The standard InChI is InChI=1S/C10H13N3.2ClH/c1-13-9-5-3-2-4-8(9)12-10(13)6-7-11;;/h2-5H,6-7,11H2,1H3;2*1H. The Hall–Kier alpha value is -0.770. The highest BCUT2D eigenvalue weighted by Gasteiger charge is 2.04. The van der Waals surface area contributed by atoms with Crippen LogP contribution in [0, 0.1) is 0 Å². The number of benzene rings is 1. The Labute approximate surface area is 101 Å². The highest BCUT2D eigenvalue weighted by atomic mass is 35.5. The Morgan fingerprint density at radius 3 is 2.53 bits per heavy atom. The van der Waals surface area contributed by atoms with Crippen molar-refractivity contribution < 1.29 is 0 Å². The summed E-state index contributed by atoms with van der Waals surface area (Å²) in [6.07, 6.45) is 0.838. The van der Waals surface area contributed by atoms with Crippen molar-refractivity contribution in [3.8, 4) is 0 Å². The number of halogens is 2. The first kappa shape index (κ1) is 14.2. The molecule has 0 spiro atoms. The number of nitrogens with two attached hydrogens (primary N) is 1. The van der Waals surface area contributed by atoms with Gasteiger partial charge < -0.3 is 10.3 Å². The van der Waals surface area contributed by atoms with Crippen molar-refractivity contribution in [2.75, 3.05) is 6.54 Å². The number of rotatable bonds is 2. The summed E-state index contributed by atoms with van der Waals surface area (Å²) in [5, 5.41) is 0. The van der Waals surface area contributed by atoms with Crippen LogP contribution in [-0.4, -0.2) is 16.1 Å². The van der Waals surface area contributed by atoms with Gasteiger partial charge in [0.05, 0.1) is 11.0 Å². The van der Waals surface area contributed by atoms with Crippen LogP contribution < -0.4 is 5.73 Å². The fraction of sp³-hybridized carbons (Fsp3) is 0.300. The summed E-state index contributed by atoms with van der Waals surface area (Å²) in [6.45, 7) is 0.650. The summed E-state index contributed by atoms with van der Waals surface area (Å²) in [6, 6.07) is 8.12. The zero-order chi connectivity index (χ0) is 9.26. The normalized spacial score (nSPS) is 9.47. The molecule has 0 saturated carbocycles. The maximum Gasteiger partial charge on any atom is 0.110 e. The molecule has 0 saturated heterocycles. The average Bonchev–Trinajstić information content (AvgIpc) is 2.46. The number of aryl methyl sites for hydroxylation is 1. The lowest BCUT2D eigenvalue weighted by Crippen LogP contribution is -2.07. The van der Waals surface area contributed by atoms with Gasteiger partial charge >= 0.3 is 0 Å². The smallest absolute Gasteiger partial charge is 0.110 e. The van der Waals surface area contributed by atoms with E-state index in [1.807, 2.05) is 25.2 Å². The number of nitrogens with zero attached hydrogens (tertiary/aromatic N) is 2. The molecule has 0 bridgehead atoms. The summed E-state index contributed by atoms with van der Waals surface area (Å²) in [4.78, 5) is 4.48. The van der Waals surface area contributed by atoms with E-state index in [4.69, 9.17) is 5.73 Å². The molecule has 3 nitrogen and oxygen atoms in total. The van der Waals surface area contributed by atoms with Crippen molar-refractivity contribution in [2.45, 2.75) is 6.42 Å². The van der Waals surface area contributed by atoms with Gasteiger partial charge in [0.25, 0.3) is 0 Å². The molecule has 0 radical (unpaired) electrons. The third kappa shape index (κ3) is 2.62. The molecule has 1 heterocycles. The minimum atomic E-state index is 0.